The average Bonchev–Trinajstić information content (AvgIpc) is 1.50. The molecule has 18 heteroatoms. The third-order valence-electron chi connectivity index (χ3n) is 34.7. The first-order valence-electron chi connectivity index (χ1n) is 51.3. The van der Waals surface area contributed by atoms with E-state index in [9.17, 15) is 24.0 Å². The number of thiocarbonyl (C=S) groups is 1. The fourth-order valence-electron chi connectivity index (χ4n) is 25.6. The summed E-state index contributed by atoms with van der Waals surface area (Å²) in [7, 11) is 0. The van der Waals surface area contributed by atoms with Gasteiger partial charge in [0.15, 0.2) is 5.05 Å². The van der Waals surface area contributed by atoms with Crippen molar-refractivity contribution in [1.82, 2.24) is 0 Å². The number of fused-ring (bicyclic) bond motifs is 26. The summed E-state index contributed by atoms with van der Waals surface area (Å²) >= 11 is 18.2. The zero-order valence-electron chi connectivity index (χ0n) is 79.5. The van der Waals surface area contributed by atoms with Crippen LogP contribution < -0.4 is 28.4 Å². The summed E-state index contributed by atoms with van der Waals surface area (Å²) < 4.78 is 33.9. The van der Waals surface area contributed by atoms with Crippen molar-refractivity contribution in [3.63, 3.8) is 0 Å². The number of carbonyl (C=O) groups excluding carboxylic acids is 5. The minimum absolute atomic E-state index is 0.00439. The molecule has 131 heavy (non-hydrogen) atoms. The third-order valence-corrected chi connectivity index (χ3v) is 44.5. The van der Waals surface area contributed by atoms with E-state index in [4.69, 9.17) is 40.6 Å². The minimum atomic E-state index is -0.0691. The van der Waals surface area contributed by atoms with Gasteiger partial charge in [0, 0.05) is 82.3 Å². The molecule has 10 bridgehead atoms. The SMILES string of the molecule is CCC(C)c1ccc(OC(=O)C2CC3CC2C2C4CC(C5SC45)C32)cc1.CCC(C)c1ccc(OC(=O)C2CC3CC2C2SC32)cc1.CCC(C)c1ccc(OC(=O)C2CC3CCC2S3)cc1.CCC(C)c1ccc(OC(=O)CC2CC3CC2C2SC32)cc1.CCC(C)c1ccc(OC(=O)CC2CCC3SC3C2)cc1.CCC(C)c1ccc(OC(=S)CC2CCC3SC3C2)cc1. The van der Waals surface area contributed by atoms with Crippen molar-refractivity contribution in [3.8, 4) is 34.5 Å². The predicted molar refractivity (Wildman–Crippen MR) is 547 cm³/mol. The summed E-state index contributed by atoms with van der Waals surface area (Å²) in [5.74, 6) is 18.2. The highest BCUT2D eigenvalue weighted by Gasteiger charge is 2.73. The second-order valence-electron chi connectivity index (χ2n) is 42.6. The Kier molecular flexibility index (Phi) is 31.2. The molecule has 7 heterocycles. The molecule has 34 unspecified atom stereocenters. The Balaban J connectivity index is 0.000000106. The maximum atomic E-state index is 12.9. The van der Waals surface area contributed by atoms with Crippen LogP contribution in [0.3, 0.4) is 0 Å². The van der Waals surface area contributed by atoms with Gasteiger partial charge in [-0.3, -0.25) is 24.0 Å². The summed E-state index contributed by atoms with van der Waals surface area (Å²) in [5.41, 5.74) is 7.94. The lowest BCUT2D eigenvalue weighted by Crippen LogP contribution is -2.39. The summed E-state index contributed by atoms with van der Waals surface area (Å²) in [5, 5.41) is 11.1. The Morgan fingerprint density at radius 1 is 0.290 bits per heavy atom. The van der Waals surface area contributed by atoms with Gasteiger partial charge in [0.1, 0.15) is 34.5 Å². The number of hydrogen-bond donors (Lipinski definition) is 0. The predicted octanol–water partition coefficient (Wildman–Crippen LogP) is 28.8. The zero-order chi connectivity index (χ0) is 91.2. The van der Waals surface area contributed by atoms with Crippen LogP contribution >= 0.6 is 82.8 Å². The van der Waals surface area contributed by atoms with E-state index in [-0.39, 0.29) is 47.6 Å². The maximum absolute atomic E-state index is 12.9. The molecule has 6 aromatic carbocycles. The van der Waals surface area contributed by atoms with Gasteiger partial charge in [-0.2, -0.15) is 70.6 Å². The summed E-state index contributed by atoms with van der Waals surface area (Å²) in [4.78, 5) is 61.9. The smallest absolute Gasteiger partial charge is 0.315 e. The number of thioether (sulfide) groups is 6. The van der Waals surface area contributed by atoms with E-state index in [0.29, 0.717) is 106 Å². The van der Waals surface area contributed by atoms with Crippen molar-refractivity contribution >= 4 is 118 Å². The van der Waals surface area contributed by atoms with E-state index < -0.39 is 0 Å². The minimum Gasteiger partial charge on any atom is -0.450 e. The van der Waals surface area contributed by atoms with Crippen molar-refractivity contribution in [2.24, 2.45) is 94.7 Å². The topological polar surface area (TPSA) is 141 Å². The molecule has 704 valence electrons. The van der Waals surface area contributed by atoms with Crippen LogP contribution in [0.5, 0.6) is 34.5 Å². The Hall–Kier alpha value is -5.34. The maximum Gasteiger partial charge on any atom is 0.315 e. The highest BCUT2D eigenvalue weighted by molar-refractivity contribution is 8.08. The van der Waals surface area contributed by atoms with Gasteiger partial charge in [0.05, 0.1) is 17.8 Å². The Bertz CT molecular complexity index is 4820. The molecule has 6 aromatic rings. The largest absolute Gasteiger partial charge is 0.450 e. The second-order valence-corrected chi connectivity index (χ2v) is 51.7. The Morgan fingerprint density at radius 2 is 0.634 bits per heavy atom. The van der Waals surface area contributed by atoms with Crippen LogP contribution in [-0.4, -0.2) is 97.9 Å². The van der Waals surface area contributed by atoms with E-state index >= 15 is 0 Å². The molecular formula is C113H144O11S7. The molecular weight excluding hydrogens is 1760 g/mol. The van der Waals surface area contributed by atoms with Crippen LogP contribution in [0.1, 0.15) is 312 Å². The highest BCUT2D eigenvalue weighted by atomic mass is 32.2. The monoisotopic (exact) mass is 1900 g/mol. The van der Waals surface area contributed by atoms with Gasteiger partial charge in [-0.25, -0.2) is 0 Å². The van der Waals surface area contributed by atoms with E-state index in [1.807, 2.05) is 72.4 Å². The summed E-state index contributed by atoms with van der Waals surface area (Å²) in [6, 6.07) is 48.8. The fourth-order valence-corrected chi connectivity index (χ4v) is 35.2. The fraction of sp³-hybridized carbons (Fsp3) is 0.628. The molecule has 17 fully saturated rings. The van der Waals surface area contributed by atoms with Crippen LogP contribution in [-0.2, 0) is 24.0 Å². The van der Waals surface area contributed by atoms with Gasteiger partial charge >= 0.3 is 29.8 Å². The molecule has 0 N–H and O–H groups in total. The van der Waals surface area contributed by atoms with Crippen LogP contribution in [0.15, 0.2) is 146 Å². The quantitative estimate of drug-likeness (QED) is 0.0159. The van der Waals surface area contributed by atoms with Crippen LogP contribution in [0.25, 0.3) is 0 Å². The standard InChI is InChI=1S/C23H28O2S.C19H24O2S.C18H22O2S.C18H24O2S.C18H24OS2.C17H22O2S/c1-3-11(2)12-4-6-14(7-5-12)25-23(24)16-9-13-8-15(16)20-18-10-17(19(13)20)21-22(18)26-21;1-3-11(2)12-4-6-15(7-5-12)21-17(20)10-13-8-14-9-16(13)19-18(14)22-19;1-3-10(2)11-4-6-13(7-5-11)20-18(19)15-9-12-8-14(15)17-16(12)21-17;1-3-12(2)14-5-7-15(8-6-14)20-18(19)11-13-4-9-16-17(10-13)21-16;1-3-12(2)14-5-7-15(8-6-14)19-18(20)11-13-4-9-16-17(10-13)21-16;1-3-11(2)12-4-6-13(7-5-12)19-17(18)15-10-14-8-9-16(15)20-14/h4-7,11,13,15-22H,3,8-10H2,1-2H3;4-7,11,13-14,16,18-19H,3,8-10H2,1-2H3;4-7,10,12,14-17H,3,8-9H2,1-2H3;2*5-8,12-13,16-17H,3-4,9-11H2,1-2H3;4-7,11,14-16H,3,8-10H2,1-2H3. The van der Waals surface area contributed by atoms with Crippen molar-refractivity contribution < 1.29 is 52.4 Å². The van der Waals surface area contributed by atoms with Crippen LogP contribution in [0.2, 0.25) is 0 Å². The van der Waals surface area contributed by atoms with Gasteiger partial charge in [0.2, 0.25) is 0 Å². The lowest BCUT2D eigenvalue weighted by Gasteiger charge is -2.36. The van der Waals surface area contributed by atoms with Crippen LogP contribution in [0.4, 0.5) is 0 Å². The van der Waals surface area contributed by atoms with Crippen molar-refractivity contribution in [2.75, 3.05) is 0 Å². The van der Waals surface area contributed by atoms with Gasteiger partial charge in [-0.05, 0) is 372 Å². The first-order valence-corrected chi connectivity index (χ1v) is 57.3. The van der Waals surface area contributed by atoms with Crippen molar-refractivity contribution in [3.05, 3.63) is 179 Å². The molecule has 7 saturated heterocycles. The number of rotatable bonds is 27. The highest BCUT2D eigenvalue weighted by Crippen LogP contribution is 2.77. The molecule has 34 atom stereocenters. The number of benzene rings is 6. The van der Waals surface area contributed by atoms with E-state index in [2.05, 4.69) is 227 Å². The van der Waals surface area contributed by atoms with E-state index in [0.717, 1.165) is 180 Å². The number of carbonyl (C=O) groups is 5. The Morgan fingerprint density at radius 3 is 1.02 bits per heavy atom. The first kappa shape index (κ1) is 96.0. The number of esters is 5. The Labute approximate surface area is 813 Å². The molecule has 0 radical (unpaired) electrons. The molecule has 17 aliphatic rings. The van der Waals surface area contributed by atoms with Gasteiger partial charge in [-0.15, -0.1) is 0 Å². The van der Waals surface area contributed by atoms with Gasteiger partial charge in [0.25, 0.3) is 0 Å². The van der Waals surface area contributed by atoms with Crippen molar-refractivity contribution in [2.45, 2.75) is 342 Å². The lowest BCUT2D eigenvalue weighted by molar-refractivity contribution is -0.142. The first-order chi connectivity index (χ1) is 63.4. The zero-order valence-corrected chi connectivity index (χ0v) is 85.2. The normalized spacial score (nSPS) is 35.1. The summed E-state index contributed by atoms with van der Waals surface area (Å²) in [6.45, 7) is 26.6. The van der Waals surface area contributed by atoms with Crippen LogP contribution in [0, 0.1) is 94.7 Å². The summed E-state index contributed by atoms with van der Waals surface area (Å²) in [6.07, 6.45) is 29.0. The molecule has 23 rings (SSSR count). The molecule has 0 spiro atoms. The lowest BCUT2D eigenvalue weighted by atomic mass is 9.67. The molecule has 0 aromatic heterocycles. The second kappa shape index (κ2) is 42.6. The molecule has 7 aliphatic heterocycles. The molecule has 10 saturated carbocycles. The molecule has 0 amide bonds. The number of hydrogen-bond acceptors (Lipinski definition) is 18. The molecule has 11 nitrogen and oxygen atoms in total. The average molecular weight is 1900 g/mol. The van der Waals surface area contributed by atoms with Gasteiger partial charge < -0.3 is 28.4 Å². The van der Waals surface area contributed by atoms with E-state index in [1.165, 1.54) is 123 Å². The third kappa shape index (κ3) is 22.7. The molecule has 10 aliphatic carbocycles. The number of ether oxygens (including phenoxy) is 6. The van der Waals surface area contributed by atoms with Gasteiger partial charge in [-0.1, -0.05) is 156 Å². The van der Waals surface area contributed by atoms with E-state index in [1.54, 1.807) is 0 Å². The van der Waals surface area contributed by atoms with Crippen molar-refractivity contribution in [1.29, 1.82) is 0 Å².